The van der Waals surface area contributed by atoms with Crippen molar-refractivity contribution in [1.82, 2.24) is 0 Å². The zero-order valence-electron chi connectivity index (χ0n) is 7.63. The lowest BCUT2D eigenvalue weighted by molar-refractivity contribution is 0.0874. The van der Waals surface area contributed by atoms with Gasteiger partial charge in [0.1, 0.15) is 0 Å². The van der Waals surface area contributed by atoms with E-state index in [4.69, 9.17) is 0 Å². The van der Waals surface area contributed by atoms with Gasteiger partial charge in [0.2, 0.25) is 0 Å². The fourth-order valence-electron chi connectivity index (χ4n) is 1.92. The van der Waals surface area contributed by atoms with Gasteiger partial charge in [0.15, 0.2) is 0 Å². The van der Waals surface area contributed by atoms with Crippen LogP contribution in [-0.2, 0) is 0 Å². The standard InChI is InChI=1S/C11H18O/c1-2-3-9-11(12)10-7-5-4-6-8-10/h3,10-12H,1,4-9H2. The summed E-state index contributed by atoms with van der Waals surface area (Å²) in [5, 5.41) is 9.71. The zero-order chi connectivity index (χ0) is 8.81. The maximum absolute atomic E-state index is 9.71. The number of aliphatic hydroxyl groups is 1. The number of aliphatic hydroxyl groups excluding tert-OH is 1. The van der Waals surface area contributed by atoms with E-state index in [-0.39, 0.29) is 6.10 Å². The lowest BCUT2D eigenvalue weighted by Crippen LogP contribution is -2.21. The van der Waals surface area contributed by atoms with Crippen LogP contribution in [0, 0.1) is 5.92 Å². The monoisotopic (exact) mass is 166 g/mol. The summed E-state index contributed by atoms with van der Waals surface area (Å²) in [6, 6.07) is 0. The number of rotatable bonds is 3. The Morgan fingerprint density at radius 1 is 1.42 bits per heavy atom. The molecule has 1 rings (SSSR count). The van der Waals surface area contributed by atoms with Gasteiger partial charge in [-0.25, -0.2) is 0 Å². The van der Waals surface area contributed by atoms with Crippen LogP contribution < -0.4 is 0 Å². The first-order chi connectivity index (χ1) is 5.84. The molecular formula is C11H18O. The third-order valence-electron chi connectivity index (χ3n) is 2.70. The maximum atomic E-state index is 9.71. The van der Waals surface area contributed by atoms with E-state index in [0.29, 0.717) is 5.92 Å². The van der Waals surface area contributed by atoms with Gasteiger partial charge < -0.3 is 5.11 Å². The quantitative estimate of drug-likeness (QED) is 0.639. The molecule has 0 bridgehead atoms. The van der Waals surface area contributed by atoms with E-state index in [9.17, 15) is 5.11 Å². The first kappa shape index (κ1) is 9.57. The van der Waals surface area contributed by atoms with Crippen LogP contribution in [0.25, 0.3) is 0 Å². The Labute approximate surface area is 74.8 Å². The molecule has 1 unspecified atom stereocenters. The van der Waals surface area contributed by atoms with E-state index in [1.54, 1.807) is 0 Å². The highest BCUT2D eigenvalue weighted by molar-refractivity contribution is 4.83. The van der Waals surface area contributed by atoms with Crippen LogP contribution in [0.15, 0.2) is 18.4 Å². The molecule has 0 aromatic rings. The Morgan fingerprint density at radius 2 is 2.08 bits per heavy atom. The molecule has 12 heavy (non-hydrogen) atoms. The van der Waals surface area contributed by atoms with Gasteiger partial charge in [-0.15, -0.1) is 5.73 Å². The normalized spacial score (nSPS) is 21.4. The SMILES string of the molecule is C=C=CCC(O)C1CCCCC1. The van der Waals surface area contributed by atoms with Gasteiger partial charge in [0.05, 0.1) is 6.10 Å². The first-order valence-corrected chi connectivity index (χ1v) is 4.87. The zero-order valence-corrected chi connectivity index (χ0v) is 7.63. The molecule has 0 aromatic carbocycles. The minimum atomic E-state index is -0.153. The average Bonchev–Trinajstić information content (AvgIpc) is 2.15. The van der Waals surface area contributed by atoms with E-state index in [1.165, 1.54) is 32.1 Å². The highest BCUT2D eigenvalue weighted by Gasteiger charge is 2.20. The molecule has 1 atom stereocenters. The molecule has 0 aliphatic heterocycles. The third kappa shape index (κ3) is 2.84. The van der Waals surface area contributed by atoms with Gasteiger partial charge in [0, 0.05) is 0 Å². The minimum Gasteiger partial charge on any atom is -0.392 e. The lowest BCUT2D eigenvalue weighted by atomic mass is 9.84. The molecule has 1 N–H and O–H groups in total. The Kier molecular flexibility index (Phi) is 4.13. The topological polar surface area (TPSA) is 20.2 Å². The summed E-state index contributed by atoms with van der Waals surface area (Å²) in [6.45, 7) is 3.49. The van der Waals surface area contributed by atoms with Crippen LogP contribution in [0.4, 0.5) is 0 Å². The molecular weight excluding hydrogens is 148 g/mol. The lowest BCUT2D eigenvalue weighted by Gasteiger charge is -2.25. The molecule has 68 valence electrons. The summed E-state index contributed by atoms with van der Waals surface area (Å²) in [5.74, 6) is 0.531. The van der Waals surface area contributed by atoms with Gasteiger partial charge in [-0.05, 0) is 31.3 Å². The van der Waals surface area contributed by atoms with Crippen molar-refractivity contribution in [3.05, 3.63) is 18.4 Å². The largest absolute Gasteiger partial charge is 0.392 e. The van der Waals surface area contributed by atoms with Crippen molar-refractivity contribution in [3.8, 4) is 0 Å². The highest BCUT2D eigenvalue weighted by Crippen LogP contribution is 2.27. The molecule has 0 spiro atoms. The molecule has 1 fully saturated rings. The second-order valence-corrected chi connectivity index (χ2v) is 3.61. The smallest absolute Gasteiger partial charge is 0.0608 e. The van der Waals surface area contributed by atoms with Crippen LogP contribution in [0.3, 0.4) is 0 Å². The summed E-state index contributed by atoms with van der Waals surface area (Å²) in [5.41, 5.74) is 2.70. The van der Waals surface area contributed by atoms with E-state index < -0.39 is 0 Å². The molecule has 1 aliphatic rings. The van der Waals surface area contributed by atoms with E-state index in [2.05, 4.69) is 12.3 Å². The molecule has 0 heterocycles. The van der Waals surface area contributed by atoms with Crippen molar-refractivity contribution < 1.29 is 5.11 Å². The van der Waals surface area contributed by atoms with Crippen LogP contribution in [0.1, 0.15) is 38.5 Å². The minimum absolute atomic E-state index is 0.153. The molecule has 0 radical (unpaired) electrons. The van der Waals surface area contributed by atoms with E-state index in [0.717, 1.165) is 6.42 Å². The predicted octanol–water partition coefficient (Wildman–Crippen LogP) is 2.66. The van der Waals surface area contributed by atoms with Gasteiger partial charge in [-0.1, -0.05) is 25.8 Å². The summed E-state index contributed by atoms with van der Waals surface area (Å²) < 4.78 is 0. The fraction of sp³-hybridized carbons (Fsp3) is 0.727. The van der Waals surface area contributed by atoms with Gasteiger partial charge in [-0.2, -0.15) is 0 Å². The van der Waals surface area contributed by atoms with Crippen LogP contribution in [-0.4, -0.2) is 11.2 Å². The first-order valence-electron chi connectivity index (χ1n) is 4.87. The van der Waals surface area contributed by atoms with Crippen LogP contribution >= 0.6 is 0 Å². The highest BCUT2D eigenvalue weighted by atomic mass is 16.3. The molecule has 1 aliphatic carbocycles. The third-order valence-corrected chi connectivity index (χ3v) is 2.70. The Hall–Kier alpha value is -0.520. The maximum Gasteiger partial charge on any atom is 0.0608 e. The molecule has 1 nitrogen and oxygen atoms in total. The Morgan fingerprint density at radius 3 is 2.67 bits per heavy atom. The average molecular weight is 166 g/mol. The van der Waals surface area contributed by atoms with Crippen molar-refractivity contribution in [2.24, 2.45) is 5.92 Å². The van der Waals surface area contributed by atoms with Gasteiger partial charge >= 0.3 is 0 Å². The van der Waals surface area contributed by atoms with Gasteiger partial charge in [0.25, 0.3) is 0 Å². The van der Waals surface area contributed by atoms with Crippen LogP contribution in [0.5, 0.6) is 0 Å². The van der Waals surface area contributed by atoms with Gasteiger partial charge in [-0.3, -0.25) is 0 Å². The molecule has 1 heteroatoms. The Bertz CT molecular complexity index is 162. The van der Waals surface area contributed by atoms with Crippen LogP contribution in [0.2, 0.25) is 0 Å². The fourth-order valence-corrected chi connectivity index (χ4v) is 1.92. The Balaban J connectivity index is 2.28. The summed E-state index contributed by atoms with van der Waals surface area (Å²) in [7, 11) is 0. The van der Waals surface area contributed by atoms with E-state index >= 15 is 0 Å². The molecule has 0 aromatic heterocycles. The summed E-state index contributed by atoms with van der Waals surface area (Å²) in [6.07, 6.45) is 8.74. The van der Waals surface area contributed by atoms with Crippen molar-refractivity contribution in [1.29, 1.82) is 0 Å². The van der Waals surface area contributed by atoms with Crippen molar-refractivity contribution in [3.63, 3.8) is 0 Å². The number of hydrogen-bond acceptors (Lipinski definition) is 1. The second kappa shape index (κ2) is 5.18. The number of hydrogen-bond donors (Lipinski definition) is 1. The van der Waals surface area contributed by atoms with E-state index in [1.807, 2.05) is 6.08 Å². The molecule has 0 saturated heterocycles. The van der Waals surface area contributed by atoms with Crippen molar-refractivity contribution >= 4 is 0 Å². The summed E-state index contributed by atoms with van der Waals surface area (Å²) in [4.78, 5) is 0. The molecule has 1 saturated carbocycles. The summed E-state index contributed by atoms with van der Waals surface area (Å²) >= 11 is 0. The van der Waals surface area contributed by atoms with Crippen molar-refractivity contribution in [2.45, 2.75) is 44.6 Å². The predicted molar refractivity (Wildman–Crippen MR) is 50.9 cm³/mol. The van der Waals surface area contributed by atoms with Crippen molar-refractivity contribution in [2.75, 3.05) is 0 Å². The second-order valence-electron chi connectivity index (χ2n) is 3.61. The molecule has 0 amide bonds.